The van der Waals surface area contributed by atoms with E-state index in [0.717, 1.165) is 5.75 Å². The maximum atomic E-state index is 12.4. The number of para-hydroxylation sites is 3. The minimum atomic E-state index is -0.283. The number of carbonyl (C=O) groups is 1. The Kier molecular flexibility index (Phi) is 6.63. The number of hydrogen-bond donors (Lipinski definition) is 1. The maximum Gasteiger partial charge on any atom is 0.241 e. The summed E-state index contributed by atoms with van der Waals surface area (Å²) in [4.78, 5) is 14.4. The van der Waals surface area contributed by atoms with Gasteiger partial charge < -0.3 is 14.8 Å². The third kappa shape index (κ3) is 4.99. The highest BCUT2D eigenvalue weighted by Crippen LogP contribution is 2.23. The first-order valence-electron chi connectivity index (χ1n) is 7.93. The number of carbonyl (C=O) groups excluding carboxylic acids is 1. The van der Waals surface area contributed by atoms with Gasteiger partial charge in [-0.25, -0.2) is 0 Å². The van der Waals surface area contributed by atoms with Gasteiger partial charge in [-0.3, -0.25) is 9.69 Å². The van der Waals surface area contributed by atoms with Crippen LogP contribution in [0.2, 0.25) is 0 Å². The molecule has 0 spiro atoms. The molecule has 0 radical (unpaired) electrons. The van der Waals surface area contributed by atoms with Crippen LogP contribution in [0.5, 0.6) is 11.5 Å². The van der Waals surface area contributed by atoms with Crippen molar-refractivity contribution in [1.82, 2.24) is 4.90 Å². The number of hydrogen-bond acceptors (Lipinski definition) is 4. The van der Waals surface area contributed by atoms with Crippen molar-refractivity contribution in [2.24, 2.45) is 0 Å². The van der Waals surface area contributed by atoms with Crippen LogP contribution in [0.3, 0.4) is 0 Å². The molecular formula is C19H24N2O3. The number of amides is 1. The molecule has 0 bridgehead atoms. The summed E-state index contributed by atoms with van der Waals surface area (Å²) in [6.45, 7) is 3.04. The van der Waals surface area contributed by atoms with Crippen molar-refractivity contribution in [2.75, 3.05) is 32.6 Å². The molecule has 0 unspecified atom stereocenters. The molecule has 24 heavy (non-hydrogen) atoms. The molecule has 1 amide bonds. The Balaban J connectivity index is 1.83. The number of anilines is 1. The first-order chi connectivity index (χ1) is 11.6. The molecule has 0 aromatic heterocycles. The third-order valence-corrected chi connectivity index (χ3v) is 3.86. The van der Waals surface area contributed by atoms with E-state index in [1.165, 1.54) is 0 Å². The Hall–Kier alpha value is -2.53. The first kappa shape index (κ1) is 17.8. The zero-order chi connectivity index (χ0) is 17.4. The van der Waals surface area contributed by atoms with Crippen molar-refractivity contribution < 1.29 is 14.3 Å². The van der Waals surface area contributed by atoms with E-state index >= 15 is 0 Å². The van der Waals surface area contributed by atoms with Gasteiger partial charge in [0.2, 0.25) is 5.91 Å². The first-order valence-corrected chi connectivity index (χ1v) is 7.93. The van der Waals surface area contributed by atoms with E-state index < -0.39 is 0 Å². The molecule has 0 heterocycles. The second kappa shape index (κ2) is 8.93. The highest BCUT2D eigenvalue weighted by Gasteiger charge is 2.19. The molecular weight excluding hydrogens is 304 g/mol. The molecule has 5 heteroatoms. The molecule has 1 atom stereocenters. The van der Waals surface area contributed by atoms with Gasteiger partial charge in [-0.05, 0) is 38.2 Å². The number of rotatable bonds is 8. The van der Waals surface area contributed by atoms with Crippen LogP contribution in [0.1, 0.15) is 6.92 Å². The van der Waals surface area contributed by atoms with Crippen LogP contribution in [0.25, 0.3) is 0 Å². The van der Waals surface area contributed by atoms with E-state index in [9.17, 15) is 4.79 Å². The molecule has 2 rings (SSSR count). The van der Waals surface area contributed by atoms with Crippen molar-refractivity contribution >= 4 is 11.6 Å². The lowest BCUT2D eigenvalue weighted by atomic mass is 10.2. The summed E-state index contributed by atoms with van der Waals surface area (Å²) < 4.78 is 10.9. The van der Waals surface area contributed by atoms with Crippen LogP contribution in [0, 0.1) is 0 Å². The van der Waals surface area contributed by atoms with Crippen LogP contribution >= 0.6 is 0 Å². The van der Waals surface area contributed by atoms with Gasteiger partial charge in [-0.1, -0.05) is 30.3 Å². The minimum absolute atomic E-state index is 0.0817. The standard InChI is InChI=1S/C19H24N2O3/c1-15(19(22)20-17-11-7-8-12-18(17)23-3)21(2)13-14-24-16-9-5-4-6-10-16/h4-12,15H,13-14H2,1-3H3,(H,20,22)/t15-/m0/s1. The average Bonchev–Trinajstić information content (AvgIpc) is 2.62. The molecule has 5 nitrogen and oxygen atoms in total. The largest absolute Gasteiger partial charge is 0.495 e. The topological polar surface area (TPSA) is 50.8 Å². The maximum absolute atomic E-state index is 12.4. The Bertz CT molecular complexity index is 646. The second-order valence-electron chi connectivity index (χ2n) is 5.51. The van der Waals surface area contributed by atoms with Crippen molar-refractivity contribution in [2.45, 2.75) is 13.0 Å². The summed E-state index contributed by atoms with van der Waals surface area (Å²) in [6.07, 6.45) is 0. The zero-order valence-electron chi connectivity index (χ0n) is 14.4. The Morgan fingerprint density at radius 2 is 1.79 bits per heavy atom. The number of likely N-dealkylation sites (N-methyl/N-ethyl adjacent to an activating group) is 1. The molecule has 2 aromatic carbocycles. The summed E-state index contributed by atoms with van der Waals surface area (Å²) in [5, 5.41) is 2.90. The van der Waals surface area contributed by atoms with Gasteiger partial charge in [0.05, 0.1) is 18.8 Å². The van der Waals surface area contributed by atoms with E-state index in [0.29, 0.717) is 24.6 Å². The molecule has 0 aliphatic heterocycles. The number of ether oxygens (including phenoxy) is 2. The molecule has 0 aliphatic carbocycles. The van der Waals surface area contributed by atoms with Crippen molar-refractivity contribution in [1.29, 1.82) is 0 Å². The van der Waals surface area contributed by atoms with Crippen molar-refractivity contribution in [3.05, 3.63) is 54.6 Å². The third-order valence-electron chi connectivity index (χ3n) is 3.86. The van der Waals surface area contributed by atoms with Crippen molar-refractivity contribution in [3.8, 4) is 11.5 Å². The fourth-order valence-corrected chi connectivity index (χ4v) is 2.20. The van der Waals surface area contributed by atoms with Gasteiger partial charge in [0.1, 0.15) is 18.1 Å². The van der Waals surface area contributed by atoms with Gasteiger partial charge in [-0.15, -0.1) is 0 Å². The Morgan fingerprint density at radius 1 is 1.12 bits per heavy atom. The second-order valence-corrected chi connectivity index (χ2v) is 5.51. The van der Waals surface area contributed by atoms with E-state index in [2.05, 4.69) is 5.32 Å². The van der Waals surface area contributed by atoms with Crippen LogP contribution in [-0.2, 0) is 4.79 Å². The lowest BCUT2D eigenvalue weighted by molar-refractivity contribution is -0.120. The van der Waals surface area contributed by atoms with E-state index in [-0.39, 0.29) is 11.9 Å². The highest BCUT2D eigenvalue weighted by molar-refractivity contribution is 5.95. The van der Waals surface area contributed by atoms with E-state index in [1.54, 1.807) is 7.11 Å². The quantitative estimate of drug-likeness (QED) is 0.809. The van der Waals surface area contributed by atoms with Crippen LogP contribution in [-0.4, -0.2) is 44.2 Å². The fraction of sp³-hybridized carbons (Fsp3) is 0.316. The summed E-state index contributed by atoms with van der Waals surface area (Å²) in [5.74, 6) is 1.40. The minimum Gasteiger partial charge on any atom is -0.495 e. The summed E-state index contributed by atoms with van der Waals surface area (Å²) in [6, 6.07) is 16.7. The fourth-order valence-electron chi connectivity index (χ4n) is 2.20. The number of nitrogens with one attached hydrogen (secondary N) is 1. The Labute approximate surface area is 143 Å². The predicted molar refractivity (Wildman–Crippen MR) is 95.7 cm³/mol. The SMILES string of the molecule is COc1ccccc1NC(=O)[C@H](C)N(C)CCOc1ccccc1. The molecule has 0 fully saturated rings. The lowest BCUT2D eigenvalue weighted by Crippen LogP contribution is -2.41. The van der Waals surface area contributed by atoms with Crippen molar-refractivity contribution in [3.63, 3.8) is 0 Å². The molecule has 2 aromatic rings. The monoisotopic (exact) mass is 328 g/mol. The smallest absolute Gasteiger partial charge is 0.241 e. The van der Waals surface area contributed by atoms with Gasteiger partial charge >= 0.3 is 0 Å². The number of benzene rings is 2. The van der Waals surface area contributed by atoms with Gasteiger partial charge in [0.25, 0.3) is 0 Å². The lowest BCUT2D eigenvalue weighted by Gasteiger charge is -2.24. The van der Waals surface area contributed by atoms with Crippen LogP contribution in [0.15, 0.2) is 54.6 Å². The van der Waals surface area contributed by atoms with Crippen LogP contribution in [0.4, 0.5) is 5.69 Å². The van der Waals surface area contributed by atoms with Gasteiger partial charge in [-0.2, -0.15) is 0 Å². The van der Waals surface area contributed by atoms with E-state index in [4.69, 9.17) is 9.47 Å². The number of methoxy groups -OCH3 is 1. The summed E-state index contributed by atoms with van der Waals surface area (Å²) in [7, 11) is 3.49. The Morgan fingerprint density at radius 3 is 2.50 bits per heavy atom. The van der Waals surface area contributed by atoms with Gasteiger partial charge in [0, 0.05) is 6.54 Å². The van der Waals surface area contributed by atoms with Gasteiger partial charge in [0.15, 0.2) is 0 Å². The van der Waals surface area contributed by atoms with E-state index in [1.807, 2.05) is 73.5 Å². The highest BCUT2D eigenvalue weighted by atomic mass is 16.5. The normalized spacial score (nSPS) is 11.8. The number of nitrogens with zero attached hydrogens (tertiary/aromatic N) is 1. The van der Waals surface area contributed by atoms with Crippen LogP contribution < -0.4 is 14.8 Å². The summed E-state index contributed by atoms with van der Waals surface area (Å²) >= 11 is 0. The molecule has 128 valence electrons. The average molecular weight is 328 g/mol. The molecule has 0 aliphatic rings. The summed E-state index contributed by atoms with van der Waals surface area (Å²) in [5.41, 5.74) is 0.672. The molecule has 0 saturated carbocycles. The zero-order valence-corrected chi connectivity index (χ0v) is 14.4. The molecule has 1 N–H and O–H groups in total. The predicted octanol–water partition coefficient (Wildman–Crippen LogP) is 3.03. The molecule has 0 saturated heterocycles.